The molecule has 1 fully saturated rings. The minimum Gasteiger partial charge on any atom is -0.504 e. The summed E-state index contributed by atoms with van der Waals surface area (Å²) in [6.07, 6.45) is 3.89. The van der Waals surface area contributed by atoms with E-state index in [1.165, 1.54) is 15.9 Å². The van der Waals surface area contributed by atoms with Crippen LogP contribution in [0.25, 0.3) is 0 Å². The van der Waals surface area contributed by atoms with Crippen molar-refractivity contribution in [2.45, 2.75) is 44.8 Å². The zero-order valence-electron chi connectivity index (χ0n) is 17.5. The van der Waals surface area contributed by atoms with Crippen molar-refractivity contribution in [3.63, 3.8) is 0 Å². The molecule has 150 valence electrons. The molecule has 4 heteroatoms. The molecule has 1 saturated heterocycles. The predicted octanol–water partition coefficient (Wildman–Crippen LogP) is 4.27. The van der Waals surface area contributed by atoms with E-state index in [0.29, 0.717) is 13.2 Å². The molecule has 0 saturated carbocycles. The predicted molar refractivity (Wildman–Crippen MR) is 118 cm³/mol. The molecule has 2 aromatic carbocycles. The van der Waals surface area contributed by atoms with Crippen molar-refractivity contribution in [2.24, 2.45) is 0 Å². The van der Waals surface area contributed by atoms with E-state index in [4.69, 9.17) is 13.9 Å². The van der Waals surface area contributed by atoms with Gasteiger partial charge in [0.2, 0.25) is 0 Å². The van der Waals surface area contributed by atoms with Gasteiger partial charge in [-0.1, -0.05) is 81.4 Å². The first-order valence-electron chi connectivity index (χ1n) is 10.0. The molecule has 0 bridgehead atoms. The van der Waals surface area contributed by atoms with Crippen molar-refractivity contribution < 1.29 is 13.9 Å². The van der Waals surface area contributed by atoms with Crippen LogP contribution in [0.2, 0.25) is 5.04 Å². The van der Waals surface area contributed by atoms with E-state index in [-0.39, 0.29) is 11.1 Å². The summed E-state index contributed by atoms with van der Waals surface area (Å²) in [5.41, 5.74) is 1.21. The summed E-state index contributed by atoms with van der Waals surface area (Å²) in [4.78, 5) is 0. The van der Waals surface area contributed by atoms with Crippen molar-refractivity contribution in [3.05, 3.63) is 72.5 Å². The molecular formula is C24H32O3Si. The van der Waals surface area contributed by atoms with Gasteiger partial charge in [0, 0.05) is 0 Å². The summed E-state index contributed by atoms with van der Waals surface area (Å²) in [5, 5.41) is 2.61. The lowest BCUT2D eigenvalue weighted by Gasteiger charge is -2.44. The van der Waals surface area contributed by atoms with Crippen LogP contribution in [0.3, 0.4) is 0 Å². The maximum Gasteiger partial charge on any atom is 0.261 e. The molecule has 0 spiro atoms. The highest BCUT2D eigenvalue weighted by Gasteiger charge is 2.50. The SMILES string of the molecule is COC=C1CCC(CO[Si](c2ccccc2)(c2ccccc2)C(C)(C)C)OC1. The van der Waals surface area contributed by atoms with E-state index in [1.54, 1.807) is 13.4 Å². The number of benzene rings is 2. The van der Waals surface area contributed by atoms with Gasteiger partial charge in [0.25, 0.3) is 8.32 Å². The Balaban J connectivity index is 1.90. The van der Waals surface area contributed by atoms with Crippen LogP contribution in [0.1, 0.15) is 33.6 Å². The van der Waals surface area contributed by atoms with Gasteiger partial charge in [-0.15, -0.1) is 0 Å². The van der Waals surface area contributed by atoms with Crippen LogP contribution in [0, 0.1) is 0 Å². The molecule has 0 amide bonds. The van der Waals surface area contributed by atoms with Gasteiger partial charge in [-0.25, -0.2) is 0 Å². The third-order valence-corrected chi connectivity index (χ3v) is 10.5. The zero-order chi connectivity index (χ0) is 20.0. The molecule has 1 unspecified atom stereocenters. The molecule has 1 aliphatic rings. The summed E-state index contributed by atoms with van der Waals surface area (Å²) >= 11 is 0. The molecule has 0 N–H and O–H groups in total. The maximum absolute atomic E-state index is 6.96. The van der Waals surface area contributed by atoms with Gasteiger partial charge in [0.1, 0.15) is 0 Å². The minimum absolute atomic E-state index is 0.00845. The number of hydrogen-bond acceptors (Lipinski definition) is 3. The summed E-state index contributed by atoms with van der Waals surface area (Å²) in [5.74, 6) is 0. The average Bonchev–Trinajstić information content (AvgIpc) is 2.70. The van der Waals surface area contributed by atoms with Crippen molar-refractivity contribution >= 4 is 18.7 Å². The van der Waals surface area contributed by atoms with Crippen molar-refractivity contribution in [1.29, 1.82) is 0 Å². The fourth-order valence-corrected chi connectivity index (χ4v) is 8.69. The molecule has 1 atom stereocenters. The minimum atomic E-state index is -2.48. The summed E-state index contributed by atoms with van der Waals surface area (Å²) in [6.45, 7) is 8.16. The first-order valence-corrected chi connectivity index (χ1v) is 12.0. The summed E-state index contributed by atoms with van der Waals surface area (Å²) in [6, 6.07) is 21.5. The molecule has 1 heterocycles. The first-order chi connectivity index (χ1) is 13.5. The van der Waals surface area contributed by atoms with Crippen molar-refractivity contribution in [3.8, 4) is 0 Å². The highest BCUT2D eigenvalue weighted by molar-refractivity contribution is 6.99. The van der Waals surface area contributed by atoms with Gasteiger partial charge >= 0.3 is 0 Å². The molecule has 3 nitrogen and oxygen atoms in total. The Kier molecular flexibility index (Phi) is 6.76. The monoisotopic (exact) mass is 396 g/mol. The Morgan fingerprint density at radius 1 is 1.00 bits per heavy atom. The van der Waals surface area contributed by atoms with Crippen LogP contribution in [0.4, 0.5) is 0 Å². The normalized spacial score (nSPS) is 19.6. The lowest BCUT2D eigenvalue weighted by Crippen LogP contribution is -2.67. The quantitative estimate of drug-likeness (QED) is 0.539. The number of ether oxygens (including phenoxy) is 2. The van der Waals surface area contributed by atoms with Crippen molar-refractivity contribution in [1.82, 2.24) is 0 Å². The summed E-state index contributed by atoms with van der Waals surface area (Å²) < 4.78 is 18.2. The molecule has 0 aromatic heterocycles. The Hall–Kier alpha value is -1.88. The fraction of sp³-hybridized carbons (Fsp3) is 0.417. The number of rotatable bonds is 6. The Morgan fingerprint density at radius 2 is 1.57 bits per heavy atom. The molecule has 28 heavy (non-hydrogen) atoms. The average molecular weight is 397 g/mol. The van der Waals surface area contributed by atoms with Gasteiger partial charge < -0.3 is 13.9 Å². The Bertz CT molecular complexity index is 716. The topological polar surface area (TPSA) is 27.7 Å². The van der Waals surface area contributed by atoms with Gasteiger partial charge in [0.15, 0.2) is 0 Å². The highest BCUT2D eigenvalue weighted by Crippen LogP contribution is 2.37. The highest BCUT2D eigenvalue weighted by atomic mass is 28.4. The second kappa shape index (κ2) is 9.08. The summed E-state index contributed by atoms with van der Waals surface area (Å²) in [7, 11) is -0.799. The first kappa shape index (κ1) is 20.8. The third kappa shape index (κ3) is 4.40. The van der Waals surface area contributed by atoms with Crippen LogP contribution in [0.15, 0.2) is 72.5 Å². The second-order valence-corrected chi connectivity index (χ2v) is 12.8. The molecule has 0 radical (unpaired) electrons. The smallest absolute Gasteiger partial charge is 0.261 e. The standard InChI is InChI=1S/C24H32O3Si/c1-24(2,3)28(22-11-7-5-8-12-22,23-13-9-6-10-14-23)27-19-21-16-15-20(17-25-4)18-26-21/h5-14,17,21H,15-16,18-19H2,1-4H3. The maximum atomic E-state index is 6.96. The largest absolute Gasteiger partial charge is 0.504 e. The Labute approximate surface area is 170 Å². The van der Waals surface area contributed by atoms with Crippen LogP contribution < -0.4 is 10.4 Å². The fourth-order valence-electron chi connectivity index (χ4n) is 4.10. The molecule has 3 rings (SSSR count). The number of methoxy groups -OCH3 is 1. The van der Waals surface area contributed by atoms with Gasteiger partial charge in [-0.3, -0.25) is 0 Å². The zero-order valence-corrected chi connectivity index (χ0v) is 18.5. The van der Waals surface area contributed by atoms with Gasteiger partial charge in [0.05, 0.1) is 32.7 Å². The van der Waals surface area contributed by atoms with E-state index in [0.717, 1.165) is 12.8 Å². The molecular weight excluding hydrogens is 364 g/mol. The number of hydrogen-bond donors (Lipinski definition) is 0. The van der Waals surface area contributed by atoms with Crippen molar-refractivity contribution in [2.75, 3.05) is 20.3 Å². The van der Waals surface area contributed by atoms with Crippen LogP contribution in [-0.2, 0) is 13.9 Å². The van der Waals surface area contributed by atoms with Crippen LogP contribution >= 0.6 is 0 Å². The second-order valence-electron chi connectivity index (χ2n) is 8.46. The van der Waals surface area contributed by atoms with Gasteiger partial charge in [-0.2, -0.15) is 0 Å². The van der Waals surface area contributed by atoms with Gasteiger partial charge in [-0.05, 0) is 33.8 Å². The molecule has 1 aliphatic heterocycles. The third-order valence-electron chi connectivity index (χ3n) is 5.48. The van der Waals surface area contributed by atoms with Crippen LogP contribution in [-0.4, -0.2) is 34.7 Å². The van der Waals surface area contributed by atoms with E-state index in [2.05, 4.69) is 81.4 Å². The lowest BCUT2D eigenvalue weighted by atomic mass is 10.1. The van der Waals surface area contributed by atoms with E-state index < -0.39 is 8.32 Å². The molecule has 2 aromatic rings. The van der Waals surface area contributed by atoms with E-state index >= 15 is 0 Å². The van der Waals surface area contributed by atoms with E-state index in [9.17, 15) is 0 Å². The lowest BCUT2D eigenvalue weighted by molar-refractivity contribution is 0.00657. The Morgan fingerprint density at radius 3 is 2.00 bits per heavy atom. The van der Waals surface area contributed by atoms with Crippen LogP contribution in [0.5, 0.6) is 0 Å². The molecule has 0 aliphatic carbocycles. The van der Waals surface area contributed by atoms with E-state index in [1.807, 2.05) is 0 Å².